The van der Waals surface area contributed by atoms with E-state index in [0.717, 1.165) is 0 Å². The molecule has 0 saturated heterocycles. The Morgan fingerprint density at radius 2 is 1.66 bits per heavy atom. The molecule has 0 aromatic heterocycles. The molecule has 1 unspecified atom stereocenters. The first-order valence-corrected chi connectivity index (χ1v) is 10.4. The van der Waals surface area contributed by atoms with Gasteiger partial charge in [0.1, 0.15) is 6.10 Å². The predicted molar refractivity (Wildman–Crippen MR) is 104 cm³/mol. The van der Waals surface area contributed by atoms with Crippen LogP contribution in [0.3, 0.4) is 0 Å². The maximum Gasteiger partial charge on any atom is 0.338 e. The van der Waals surface area contributed by atoms with Crippen LogP contribution in [0.25, 0.3) is 0 Å². The largest absolute Gasteiger partial charge is 0.459 e. The van der Waals surface area contributed by atoms with E-state index in [9.17, 15) is 22.4 Å². The molecule has 29 heavy (non-hydrogen) atoms. The van der Waals surface area contributed by atoms with Crippen LogP contribution in [0.5, 0.6) is 0 Å². The van der Waals surface area contributed by atoms with Gasteiger partial charge in [0.15, 0.2) is 11.6 Å². The van der Waals surface area contributed by atoms with Crippen LogP contribution in [0.1, 0.15) is 54.4 Å². The first kappa shape index (κ1) is 21.7. The zero-order valence-electron chi connectivity index (χ0n) is 15.9. The first-order chi connectivity index (χ1) is 13.9. The second kappa shape index (κ2) is 9.65. The van der Waals surface area contributed by atoms with Crippen molar-refractivity contribution in [2.45, 2.75) is 55.3 Å². The molecule has 156 valence electrons. The molecule has 0 N–H and O–H groups in total. The fourth-order valence-corrected chi connectivity index (χ4v) is 4.37. The summed E-state index contributed by atoms with van der Waals surface area (Å²) >= 11 is 0.00252. The predicted octanol–water partition coefficient (Wildman–Crippen LogP) is 6.80. The zero-order chi connectivity index (χ0) is 21.0. The fraction of sp³-hybridized carbons (Fsp3) is 0.409. The van der Waals surface area contributed by atoms with E-state index in [1.54, 1.807) is 24.3 Å². The molecular weight excluding hydrogens is 404 g/mol. The van der Waals surface area contributed by atoms with E-state index in [-0.39, 0.29) is 46.1 Å². The van der Waals surface area contributed by atoms with Crippen LogP contribution in [0.4, 0.5) is 17.6 Å². The summed E-state index contributed by atoms with van der Waals surface area (Å²) < 4.78 is 59.1. The van der Waals surface area contributed by atoms with Crippen LogP contribution in [-0.4, -0.2) is 17.8 Å². The third-order valence-electron chi connectivity index (χ3n) is 5.49. The number of esters is 1. The SMILES string of the molecule is CC(c1ccc(SC(F)F)c(F)c1F)C1CCC(OC(=O)c2ccccc2)CC1. The summed E-state index contributed by atoms with van der Waals surface area (Å²) in [6.45, 7) is 1.82. The molecule has 1 aliphatic carbocycles. The second-order valence-corrected chi connectivity index (χ2v) is 8.29. The number of carbonyl (C=O) groups is 1. The van der Waals surface area contributed by atoms with Crippen LogP contribution in [0.2, 0.25) is 0 Å². The Kier molecular flexibility index (Phi) is 7.22. The van der Waals surface area contributed by atoms with Crippen LogP contribution in [-0.2, 0) is 4.74 Å². The van der Waals surface area contributed by atoms with E-state index in [0.29, 0.717) is 31.2 Å². The van der Waals surface area contributed by atoms with E-state index in [1.165, 1.54) is 12.1 Å². The Labute approximate surface area is 171 Å². The number of ether oxygens (including phenoxy) is 1. The first-order valence-electron chi connectivity index (χ1n) is 9.55. The molecule has 3 rings (SSSR count). The van der Waals surface area contributed by atoms with E-state index in [1.807, 2.05) is 13.0 Å². The summed E-state index contributed by atoms with van der Waals surface area (Å²) in [5, 5.41) is 0. The van der Waals surface area contributed by atoms with Crippen LogP contribution < -0.4 is 0 Å². The average Bonchev–Trinajstić information content (AvgIpc) is 2.72. The Hall–Kier alpha value is -2.02. The molecule has 0 bridgehead atoms. The molecule has 1 fully saturated rings. The van der Waals surface area contributed by atoms with Gasteiger partial charge in [-0.3, -0.25) is 0 Å². The topological polar surface area (TPSA) is 26.3 Å². The zero-order valence-corrected chi connectivity index (χ0v) is 16.7. The molecule has 0 radical (unpaired) electrons. The standard InChI is InChI=1S/C22H22F4O2S/c1-13(17-11-12-18(29-22(25)26)20(24)19(17)23)14-7-9-16(10-8-14)28-21(27)15-5-3-2-4-6-15/h2-6,11-14,16,22H,7-10H2,1H3. The van der Waals surface area contributed by atoms with Crippen molar-refractivity contribution in [3.63, 3.8) is 0 Å². The van der Waals surface area contributed by atoms with Crippen molar-refractivity contribution in [2.24, 2.45) is 5.92 Å². The number of carbonyl (C=O) groups excluding carboxylic acids is 1. The molecule has 7 heteroatoms. The number of hydrogen-bond donors (Lipinski definition) is 0. The van der Waals surface area contributed by atoms with E-state index < -0.39 is 17.4 Å². The molecule has 2 nitrogen and oxygen atoms in total. The van der Waals surface area contributed by atoms with Crippen molar-refractivity contribution >= 4 is 17.7 Å². The number of benzene rings is 2. The quantitative estimate of drug-likeness (QED) is 0.289. The summed E-state index contributed by atoms with van der Waals surface area (Å²) in [7, 11) is 0. The van der Waals surface area contributed by atoms with E-state index >= 15 is 0 Å². The van der Waals surface area contributed by atoms with Crippen molar-refractivity contribution in [3.8, 4) is 0 Å². The third kappa shape index (κ3) is 5.32. The molecule has 0 aliphatic heterocycles. The van der Waals surface area contributed by atoms with Gasteiger partial charge in [0.2, 0.25) is 0 Å². The fourth-order valence-electron chi connectivity index (χ4n) is 3.84. The van der Waals surface area contributed by atoms with Gasteiger partial charge in [-0.05, 0) is 61.3 Å². The number of alkyl halides is 2. The summed E-state index contributed by atoms with van der Waals surface area (Å²) in [5.41, 5.74) is 0.702. The monoisotopic (exact) mass is 426 g/mol. The molecule has 1 atom stereocenters. The highest BCUT2D eigenvalue weighted by Gasteiger charge is 2.30. The molecule has 2 aromatic carbocycles. The minimum absolute atomic E-state index is 0.00252. The second-order valence-electron chi connectivity index (χ2n) is 7.26. The summed E-state index contributed by atoms with van der Waals surface area (Å²) in [6, 6.07) is 11.4. The van der Waals surface area contributed by atoms with Crippen molar-refractivity contribution in [3.05, 3.63) is 65.2 Å². The Morgan fingerprint density at radius 1 is 1.00 bits per heavy atom. The minimum Gasteiger partial charge on any atom is -0.459 e. The lowest BCUT2D eigenvalue weighted by Crippen LogP contribution is -2.27. The number of hydrogen-bond acceptors (Lipinski definition) is 3. The lowest BCUT2D eigenvalue weighted by atomic mass is 9.77. The summed E-state index contributed by atoms with van der Waals surface area (Å²) in [5.74, 6) is -5.60. The third-order valence-corrected chi connectivity index (χ3v) is 6.24. The summed E-state index contributed by atoms with van der Waals surface area (Å²) in [4.78, 5) is 11.8. The highest BCUT2D eigenvalue weighted by Crippen LogP contribution is 2.39. The van der Waals surface area contributed by atoms with E-state index in [4.69, 9.17) is 4.74 Å². The van der Waals surface area contributed by atoms with Gasteiger partial charge in [-0.1, -0.05) is 43.0 Å². The van der Waals surface area contributed by atoms with E-state index in [2.05, 4.69) is 0 Å². The van der Waals surface area contributed by atoms with Gasteiger partial charge >= 0.3 is 5.97 Å². The highest BCUT2D eigenvalue weighted by molar-refractivity contribution is 7.99. The van der Waals surface area contributed by atoms with Crippen molar-refractivity contribution < 1.29 is 27.1 Å². The summed E-state index contributed by atoms with van der Waals surface area (Å²) in [6.07, 6.45) is 2.52. The Balaban J connectivity index is 1.59. The highest BCUT2D eigenvalue weighted by atomic mass is 32.2. The van der Waals surface area contributed by atoms with Gasteiger partial charge in [-0.25, -0.2) is 13.6 Å². The van der Waals surface area contributed by atoms with Gasteiger partial charge in [-0.2, -0.15) is 8.78 Å². The van der Waals surface area contributed by atoms with Gasteiger partial charge in [-0.15, -0.1) is 0 Å². The lowest BCUT2D eigenvalue weighted by molar-refractivity contribution is 0.0154. The normalized spacial score (nSPS) is 20.5. The van der Waals surface area contributed by atoms with Gasteiger partial charge in [0.25, 0.3) is 5.76 Å². The number of thioether (sulfide) groups is 1. The van der Waals surface area contributed by atoms with Crippen LogP contribution >= 0.6 is 11.8 Å². The lowest BCUT2D eigenvalue weighted by Gasteiger charge is -2.32. The molecule has 0 spiro atoms. The molecule has 0 amide bonds. The number of rotatable bonds is 6. The van der Waals surface area contributed by atoms with Crippen molar-refractivity contribution in [1.29, 1.82) is 0 Å². The maximum absolute atomic E-state index is 14.5. The minimum atomic E-state index is -2.80. The van der Waals surface area contributed by atoms with Gasteiger partial charge in [0.05, 0.1) is 10.5 Å². The van der Waals surface area contributed by atoms with Crippen LogP contribution in [0.15, 0.2) is 47.4 Å². The van der Waals surface area contributed by atoms with Crippen molar-refractivity contribution in [2.75, 3.05) is 0 Å². The van der Waals surface area contributed by atoms with Crippen molar-refractivity contribution in [1.82, 2.24) is 0 Å². The van der Waals surface area contributed by atoms with Gasteiger partial charge in [0, 0.05) is 0 Å². The van der Waals surface area contributed by atoms with Gasteiger partial charge < -0.3 is 4.74 Å². The Bertz CT molecular complexity index is 836. The molecular formula is C22H22F4O2S. The molecule has 1 saturated carbocycles. The smallest absolute Gasteiger partial charge is 0.338 e. The van der Waals surface area contributed by atoms with Crippen LogP contribution in [0, 0.1) is 17.6 Å². The Morgan fingerprint density at radius 3 is 2.28 bits per heavy atom. The molecule has 0 heterocycles. The molecule has 2 aromatic rings. The maximum atomic E-state index is 14.5. The average molecular weight is 426 g/mol. The molecule has 1 aliphatic rings. The number of halogens is 4.